The molecule has 0 aliphatic heterocycles. The summed E-state index contributed by atoms with van der Waals surface area (Å²) in [6.07, 6.45) is 1.66. The SMILES string of the molecule is CC1C(N)CCC(C(=O)Nc2cc(Cl)ccc2Cl)C1(C)C. The zero-order valence-corrected chi connectivity index (χ0v) is 14.1. The zero-order chi connectivity index (χ0) is 15.8. The molecule has 0 bridgehead atoms. The Balaban J connectivity index is 2.18. The normalized spacial score (nSPS) is 28.2. The maximum Gasteiger partial charge on any atom is 0.228 e. The zero-order valence-electron chi connectivity index (χ0n) is 12.6. The van der Waals surface area contributed by atoms with Crippen molar-refractivity contribution >= 4 is 34.8 Å². The van der Waals surface area contributed by atoms with Crippen LogP contribution >= 0.6 is 23.2 Å². The number of halogens is 2. The third-order valence-corrected chi connectivity index (χ3v) is 5.57. The number of carbonyl (C=O) groups excluding carboxylic acids is 1. The van der Waals surface area contributed by atoms with Gasteiger partial charge in [0, 0.05) is 17.0 Å². The number of hydrogen-bond donors (Lipinski definition) is 2. The fourth-order valence-corrected chi connectivity index (χ4v) is 3.47. The van der Waals surface area contributed by atoms with Gasteiger partial charge in [-0.3, -0.25) is 4.79 Å². The van der Waals surface area contributed by atoms with E-state index in [9.17, 15) is 4.79 Å². The third kappa shape index (κ3) is 3.36. The van der Waals surface area contributed by atoms with Crippen molar-refractivity contribution in [2.45, 2.75) is 39.7 Å². The molecule has 0 saturated heterocycles. The van der Waals surface area contributed by atoms with Crippen LogP contribution in [0.2, 0.25) is 10.0 Å². The van der Waals surface area contributed by atoms with E-state index in [1.807, 2.05) is 0 Å². The summed E-state index contributed by atoms with van der Waals surface area (Å²) >= 11 is 12.1. The molecule has 21 heavy (non-hydrogen) atoms. The first-order valence-corrected chi connectivity index (χ1v) is 8.00. The monoisotopic (exact) mass is 328 g/mol. The second kappa shape index (κ2) is 6.15. The topological polar surface area (TPSA) is 55.1 Å². The first-order valence-electron chi connectivity index (χ1n) is 7.25. The summed E-state index contributed by atoms with van der Waals surface area (Å²) < 4.78 is 0. The highest BCUT2D eigenvalue weighted by Gasteiger charge is 2.45. The van der Waals surface area contributed by atoms with Gasteiger partial charge in [-0.25, -0.2) is 0 Å². The molecule has 3 N–H and O–H groups in total. The molecule has 0 spiro atoms. The Morgan fingerprint density at radius 1 is 1.33 bits per heavy atom. The molecule has 0 radical (unpaired) electrons. The molecule has 1 fully saturated rings. The second-order valence-electron chi connectivity index (χ2n) is 6.52. The van der Waals surface area contributed by atoms with Crippen LogP contribution in [0.3, 0.4) is 0 Å². The minimum Gasteiger partial charge on any atom is -0.327 e. The molecular formula is C16H22Cl2N2O. The Bertz CT molecular complexity index is 545. The number of amides is 1. The van der Waals surface area contributed by atoms with Crippen molar-refractivity contribution in [2.24, 2.45) is 23.0 Å². The quantitative estimate of drug-likeness (QED) is 0.848. The van der Waals surface area contributed by atoms with Crippen LogP contribution in [0.1, 0.15) is 33.6 Å². The summed E-state index contributed by atoms with van der Waals surface area (Å²) in [5.41, 5.74) is 6.56. The highest BCUT2D eigenvalue weighted by Crippen LogP contribution is 2.45. The van der Waals surface area contributed by atoms with Gasteiger partial charge in [0.05, 0.1) is 10.7 Å². The maximum atomic E-state index is 12.6. The van der Waals surface area contributed by atoms with Gasteiger partial charge >= 0.3 is 0 Å². The fraction of sp³-hybridized carbons (Fsp3) is 0.562. The summed E-state index contributed by atoms with van der Waals surface area (Å²) in [7, 11) is 0. The van der Waals surface area contributed by atoms with Gasteiger partial charge < -0.3 is 11.1 Å². The molecule has 3 atom stereocenters. The minimum atomic E-state index is -0.146. The standard InChI is InChI=1S/C16H22Cl2N2O/c1-9-13(19)7-5-11(16(9,2)3)15(21)20-14-8-10(17)4-6-12(14)18/h4,6,8-9,11,13H,5,7,19H2,1-3H3,(H,20,21). The van der Waals surface area contributed by atoms with Crippen molar-refractivity contribution in [3.8, 4) is 0 Å². The smallest absolute Gasteiger partial charge is 0.228 e. The van der Waals surface area contributed by atoms with Crippen molar-refractivity contribution in [3.63, 3.8) is 0 Å². The second-order valence-corrected chi connectivity index (χ2v) is 7.36. The van der Waals surface area contributed by atoms with Crippen LogP contribution in [0.25, 0.3) is 0 Å². The van der Waals surface area contributed by atoms with Crippen LogP contribution in [0.15, 0.2) is 18.2 Å². The molecule has 1 aliphatic carbocycles. The van der Waals surface area contributed by atoms with Gasteiger partial charge in [0.25, 0.3) is 0 Å². The molecule has 1 aromatic carbocycles. The highest BCUT2D eigenvalue weighted by molar-refractivity contribution is 6.35. The Labute approximate surface area is 136 Å². The van der Waals surface area contributed by atoms with Gasteiger partial charge in [0.1, 0.15) is 0 Å². The van der Waals surface area contributed by atoms with Gasteiger partial charge in [-0.05, 0) is 42.4 Å². The molecule has 1 amide bonds. The molecule has 1 aliphatic rings. The lowest BCUT2D eigenvalue weighted by molar-refractivity contribution is -0.127. The molecule has 1 aromatic rings. The summed E-state index contributed by atoms with van der Waals surface area (Å²) in [5, 5.41) is 3.96. The number of rotatable bonds is 2. The van der Waals surface area contributed by atoms with Crippen LogP contribution in [0.4, 0.5) is 5.69 Å². The molecule has 3 unspecified atom stereocenters. The number of hydrogen-bond acceptors (Lipinski definition) is 2. The van der Waals surface area contributed by atoms with E-state index in [4.69, 9.17) is 28.9 Å². The largest absolute Gasteiger partial charge is 0.327 e. The lowest BCUT2D eigenvalue weighted by atomic mass is 9.61. The van der Waals surface area contributed by atoms with Gasteiger partial charge in [0.15, 0.2) is 0 Å². The van der Waals surface area contributed by atoms with Crippen LogP contribution in [0, 0.1) is 17.3 Å². The average Bonchev–Trinajstić information content (AvgIpc) is 2.40. The van der Waals surface area contributed by atoms with Gasteiger partial charge in [0.2, 0.25) is 5.91 Å². The molecular weight excluding hydrogens is 307 g/mol. The summed E-state index contributed by atoms with van der Waals surface area (Å²) in [6.45, 7) is 6.34. The Morgan fingerprint density at radius 3 is 2.67 bits per heavy atom. The first kappa shape index (κ1) is 16.6. The Morgan fingerprint density at radius 2 is 2.00 bits per heavy atom. The van der Waals surface area contributed by atoms with Gasteiger partial charge in [-0.1, -0.05) is 44.0 Å². The van der Waals surface area contributed by atoms with Crippen molar-refractivity contribution in [3.05, 3.63) is 28.2 Å². The third-order valence-electron chi connectivity index (χ3n) is 5.01. The van der Waals surface area contributed by atoms with Crippen LogP contribution in [0.5, 0.6) is 0 Å². The molecule has 0 heterocycles. The lowest BCUT2D eigenvalue weighted by Gasteiger charge is -2.46. The van der Waals surface area contributed by atoms with E-state index in [1.165, 1.54) is 0 Å². The maximum absolute atomic E-state index is 12.6. The van der Waals surface area contributed by atoms with E-state index < -0.39 is 0 Å². The van der Waals surface area contributed by atoms with Crippen molar-refractivity contribution in [1.29, 1.82) is 0 Å². The molecule has 0 aromatic heterocycles. The molecule has 1 saturated carbocycles. The number of benzene rings is 1. The number of carbonyl (C=O) groups is 1. The summed E-state index contributed by atoms with van der Waals surface area (Å²) in [4.78, 5) is 12.6. The van der Waals surface area contributed by atoms with Crippen LogP contribution < -0.4 is 11.1 Å². The predicted molar refractivity (Wildman–Crippen MR) is 88.7 cm³/mol. The minimum absolute atomic E-state index is 0.0112. The number of nitrogens with two attached hydrogens (primary N) is 1. The average molecular weight is 329 g/mol. The first-order chi connectivity index (χ1) is 9.73. The van der Waals surface area contributed by atoms with E-state index in [2.05, 4.69) is 26.1 Å². The Kier molecular flexibility index (Phi) is 4.86. The van der Waals surface area contributed by atoms with Crippen LogP contribution in [-0.4, -0.2) is 11.9 Å². The molecule has 3 nitrogen and oxygen atoms in total. The van der Waals surface area contributed by atoms with E-state index in [-0.39, 0.29) is 29.2 Å². The van der Waals surface area contributed by atoms with Crippen LogP contribution in [-0.2, 0) is 4.79 Å². The summed E-state index contributed by atoms with van der Waals surface area (Å²) in [5.74, 6) is 0.196. The van der Waals surface area contributed by atoms with E-state index in [1.54, 1.807) is 18.2 Å². The van der Waals surface area contributed by atoms with Gasteiger partial charge in [-0.2, -0.15) is 0 Å². The number of anilines is 1. The van der Waals surface area contributed by atoms with Crippen molar-refractivity contribution in [1.82, 2.24) is 0 Å². The van der Waals surface area contributed by atoms with Crippen molar-refractivity contribution < 1.29 is 4.79 Å². The number of nitrogens with one attached hydrogen (secondary N) is 1. The molecule has 5 heteroatoms. The highest BCUT2D eigenvalue weighted by atomic mass is 35.5. The predicted octanol–water partition coefficient (Wildman–Crippen LogP) is 4.33. The van der Waals surface area contributed by atoms with E-state index >= 15 is 0 Å². The van der Waals surface area contributed by atoms with Crippen molar-refractivity contribution in [2.75, 3.05) is 5.32 Å². The Hall–Kier alpha value is -0.770. The van der Waals surface area contributed by atoms with E-state index in [0.717, 1.165) is 12.8 Å². The molecule has 2 rings (SSSR count). The van der Waals surface area contributed by atoms with Gasteiger partial charge in [-0.15, -0.1) is 0 Å². The summed E-state index contributed by atoms with van der Waals surface area (Å²) in [6, 6.07) is 5.21. The molecule has 116 valence electrons. The van der Waals surface area contributed by atoms with E-state index in [0.29, 0.717) is 15.7 Å². The lowest BCUT2D eigenvalue weighted by Crippen LogP contribution is -2.50. The fourth-order valence-electron chi connectivity index (χ4n) is 3.13.